The molecule has 1 aliphatic carbocycles. The van der Waals surface area contributed by atoms with Crippen molar-refractivity contribution in [3.05, 3.63) is 88.6 Å². The molecular formula is C42H54N6O4S. The van der Waals surface area contributed by atoms with Crippen LogP contribution in [-0.2, 0) is 23.0 Å². The van der Waals surface area contributed by atoms with Crippen molar-refractivity contribution in [1.82, 2.24) is 19.9 Å². The van der Waals surface area contributed by atoms with Gasteiger partial charge in [0.05, 0.1) is 28.9 Å². The molecular weight excluding hydrogens is 685 g/mol. The Kier molecular flexibility index (Phi) is 11.1. The molecule has 0 saturated heterocycles. The van der Waals surface area contributed by atoms with Crippen molar-refractivity contribution in [1.29, 1.82) is 0 Å². The minimum Gasteiger partial charge on any atom is -0.475 e. The maximum Gasteiger partial charge on any atom is 0.264 e. The molecule has 2 aromatic carbocycles. The summed E-state index contributed by atoms with van der Waals surface area (Å²) in [5, 5.41) is 0. The van der Waals surface area contributed by atoms with Crippen LogP contribution in [0.5, 0.6) is 5.88 Å². The van der Waals surface area contributed by atoms with Gasteiger partial charge in [0.15, 0.2) is 0 Å². The maximum atomic E-state index is 14.6. The summed E-state index contributed by atoms with van der Waals surface area (Å²) in [4.78, 5) is 33.0. The Balaban J connectivity index is 1.50. The summed E-state index contributed by atoms with van der Waals surface area (Å²) in [6.45, 7) is 14.9. The summed E-state index contributed by atoms with van der Waals surface area (Å²) in [6, 6.07) is 18.1. The highest BCUT2D eigenvalue weighted by Crippen LogP contribution is 2.38. The molecule has 4 bridgehead atoms. The summed E-state index contributed by atoms with van der Waals surface area (Å²) in [6.07, 6.45) is 6.43. The van der Waals surface area contributed by atoms with Crippen LogP contribution in [0.15, 0.2) is 65.6 Å². The van der Waals surface area contributed by atoms with E-state index in [1.54, 1.807) is 17.0 Å². The highest BCUT2D eigenvalue weighted by Gasteiger charge is 2.33. The predicted octanol–water partition coefficient (Wildman–Crippen LogP) is 8.37. The second-order valence-corrected chi connectivity index (χ2v) is 18.0. The lowest BCUT2D eigenvalue weighted by molar-refractivity contribution is 0.0508. The summed E-state index contributed by atoms with van der Waals surface area (Å²) >= 11 is 0. The number of carbonyl (C=O) groups is 1. The van der Waals surface area contributed by atoms with E-state index in [0.29, 0.717) is 29.3 Å². The van der Waals surface area contributed by atoms with E-state index < -0.39 is 16.1 Å². The number of anilines is 2. The van der Waals surface area contributed by atoms with Crippen molar-refractivity contribution >= 4 is 27.7 Å². The van der Waals surface area contributed by atoms with Crippen molar-refractivity contribution in [2.24, 2.45) is 11.3 Å². The molecule has 6 rings (SSSR count). The van der Waals surface area contributed by atoms with E-state index in [9.17, 15) is 13.2 Å². The van der Waals surface area contributed by atoms with Crippen LogP contribution >= 0.6 is 0 Å². The van der Waals surface area contributed by atoms with Crippen LogP contribution in [-0.4, -0.2) is 59.9 Å². The van der Waals surface area contributed by atoms with Gasteiger partial charge in [0.2, 0.25) is 11.8 Å². The minimum atomic E-state index is -4.19. The minimum absolute atomic E-state index is 0.0559. The number of aryl methyl sites for hydroxylation is 1. The number of fused-ring (bicyclic) bond motifs is 4. The van der Waals surface area contributed by atoms with Gasteiger partial charge in [-0.05, 0) is 93.3 Å². The van der Waals surface area contributed by atoms with Crippen LogP contribution in [0.2, 0.25) is 0 Å². The molecule has 2 aromatic heterocycles. The van der Waals surface area contributed by atoms with Gasteiger partial charge in [0.1, 0.15) is 12.4 Å². The molecule has 1 N–H and O–H groups in total. The van der Waals surface area contributed by atoms with Gasteiger partial charge in [-0.1, -0.05) is 76.8 Å². The third kappa shape index (κ3) is 8.83. The number of nitrogens with zero attached hydrogens (tertiary/aromatic N) is 5. The van der Waals surface area contributed by atoms with Crippen molar-refractivity contribution in [3.63, 3.8) is 0 Å². The maximum absolute atomic E-state index is 14.6. The van der Waals surface area contributed by atoms with Crippen LogP contribution in [0, 0.1) is 25.2 Å². The molecule has 1 saturated carbocycles. The van der Waals surface area contributed by atoms with Gasteiger partial charge in [-0.2, -0.15) is 4.98 Å². The molecule has 10 nitrogen and oxygen atoms in total. The zero-order valence-electron chi connectivity index (χ0n) is 32.4. The van der Waals surface area contributed by atoms with Gasteiger partial charge in [-0.15, -0.1) is 0 Å². The Bertz CT molecular complexity index is 2070. The second kappa shape index (κ2) is 15.5. The summed E-state index contributed by atoms with van der Waals surface area (Å²) in [5.74, 6) is 1.29. The first-order valence-electron chi connectivity index (χ1n) is 18.8. The quantitative estimate of drug-likeness (QED) is 0.192. The van der Waals surface area contributed by atoms with E-state index in [0.717, 1.165) is 23.4 Å². The lowest BCUT2D eigenvalue weighted by Gasteiger charge is -2.36. The number of benzene rings is 2. The van der Waals surface area contributed by atoms with Crippen LogP contribution < -0.4 is 14.4 Å². The molecule has 0 radical (unpaired) electrons. The molecule has 282 valence electrons. The average Bonchev–Trinajstić information content (AvgIpc) is 3.62. The van der Waals surface area contributed by atoms with E-state index in [1.807, 2.05) is 32.2 Å². The van der Waals surface area contributed by atoms with E-state index in [4.69, 9.17) is 14.7 Å². The highest BCUT2D eigenvalue weighted by molar-refractivity contribution is 7.92. The Hall–Kier alpha value is -4.51. The fourth-order valence-electron chi connectivity index (χ4n) is 7.53. The third-order valence-electron chi connectivity index (χ3n) is 10.5. The molecule has 4 aromatic rings. The van der Waals surface area contributed by atoms with Crippen LogP contribution in [0.25, 0.3) is 11.3 Å². The highest BCUT2D eigenvalue weighted by atomic mass is 32.2. The first-order chi connectivity index (χ1) is 25.1. The van der Waals surface area contributed by atoms with Gasteiger partial charge < -0.3 is 14.5 Å². The summed E-state index contributed by atoms with van der Waals surface area (Å²) in [7, 11) is -2.20. The van der Waals surface area contributed by atoms with E-state index in [2.05, 4.69) is 74.3 Å². The molecule has 1 atom stereocenters. The SMILES string of the molecule is Cc1cccc(CC2CCCC2)c1-c1nc2nc(c1C)OC[C@@H](CC(C)(C)C)N(Cc1cccc(N(C)C(C)C)n1)C(=O)c1cccc(c1)S(=O)(=O)N2. The van der Waals surface area contributed by atoms with Crippen molar-refractivity contribution in [2.45, 2.75) is 111 Å². The number of carbonyl (C=O) groups excluding carboxylic acids is 1. The topological polar surface area (TPSA) is 118 Å². The van der Waals surface area contributed by atoms with E-state index in [1.165, 1.54) is 43.4 Å². The fraction of sp³-hybridized carbons (Fsp3) is 0.476. The number of ether oxygens (including phenoxy) is 1. The van der Waals surface area contributed by atoms with Crippen molar-refractivity contribution < 1.29 is 17.9 Å². The van der Waals surface area contributed by atoms with E-state index in [-0.39, 0.29) is 52.8 Å². The molecule has 1 amide bonds. The molecule has 1 aliphatic heterocycles. The Morgan fingerprint density at radius 2 is 1.70 bits per heavy atom. The molecule has 0 unspecified atom stereocenters. The number of sulfonamides is 1. The van der Waals surface area contributed by atoms with Crippen LogP contribution in [0.1, 0.15) is 99.5 Å². The van der Waals surface area contributed by atoms with Gasteiger partial charge in [-0.3, -0.25) is 4.79 Å². The molecule has 11 heteroatoms. The fourth-order valence-corrected chi connectivity index (χ4v) is 8.52. The number of hydrogen-bond donors (Lipinski definition) is 1. The Morgan fingerprint density at radius 3 is 2.42 bits per heavy atom. The standard InChI is InChI=1S/C42H54N6O4S/c1-27(2)47(8)36-21-13-19-33(43-36)25-48-34(24-42(5,6)7)26-52-39-29(4)38(37-28(3)14-11-17-31(37)22-30-15-9-10-16-30)44-41(45-39)46-53(50,51)35-20-12-18-32(23-35)40(48)49/h11-14,17-21,23,27,30,34H,9-10,15-16,22,24-26H2,1-8H3,(H,44,45,46)/t34-/m1/s1. The first-order valence-corrected chi connectivity index (χ1v) is 20.3. The number of nitrogens with one attached hydrogen (secondary N) is 1. The number of pyridine rings is 1. The first kappa shape index (κ1) is 38.2. The van der Waals surface area contributed by atoms with Gasteiger partial charge in [-0.25, -0.2) is 23.1 Å². The molecule has 53 heavy (non-hydrogen) atoms. The average molecular weight is 739 g/mol. The van der Waals surface area contributed by atoms with Gasteiger partial charge in [0, 0.05) is 29.8 Å². The molecule has 1 fully saturated rings. The number of aromatic nitrogens is 3. The van der Waals surface area contributed by atoms with E-state index >= 15 is 0 Å². The number of hydrogen-bond acceptors (Lipinski definition) is 8. The molecule has 2 aliphatic rings. The second-order valence-electron chi connectivity index (χ2n) is 16.3. The lowest BCUT2D eigenvalue weighted by Crippen LogP contribution is -2.45. The number of rotatable bonds is 8. The monoisotopic (exact) mass is 738 g/mol. The Morgan fingerprint density at radius 1 is 0.981 bits per heavy atom. The lowest BCUT2D eigenvalue weighted by atomic mass is 9.87. The zero-order chi connectivity index (χ0) is 38.1. The van der Waals surface area contributed by atoms with Gasteiger partial charge in [0.25, 0.3) is 15.9 Å². The molecule has 0 spiro atoms. The van der Waals surface area contributed by atoms with Crippen LogP contribution in [0.4, 0.5) is 11.8 Å². The summed E-state index contributed by atoms with van der Waals surface area (Å²) in [5.41, 5.74) is 5.35. The predicted molar refractivity (Wildman–Crippen MR) is 211 cm³/mol. The smallest absolute Gasteiger partial charge is 0.264 e. The normalized spacial score (nSPS) is 17.8. The Labute approximate surface area is 315 Å². The van der Waals surface area contributed by atoms with Crippen LogP contribution in [0.3, 0.4) is 0 Å². The summed E-state index contributed by atoms with van der Waals surface area (Å²) < 4.78 is 37.3. The third-order valence-corrected chi connectivity index (χ3v) is 11.8. The largest absolute Gasteiger partial charge is 0.475 e. The van der Waals surface area contributed by atoms with Crippen molar-refractivity contribution in [2.75, 3.05) is 23.3 Å². The van der Waals surface area contributed by atoms with Gasteiger partial charge >= 0.3 is 0 Å². The number of amides is 1. The molecule has 3 heterocycles. The zero-order valence-corrected chi connectivity index (χ0v) is 33.3. The van der Waals surface area contributed by atoms with Crippen molar-refractivity contribution in [3.8, 4) is 17.1 Å².